The van der Waals surface area contributed by atoms with Crippen LogP contribution < -0.4 is 5.73 Å². The number of thiazole rings is 1. The van der Waals surface area contributed by atoms with Gasteiger partial charge in [0.15, 0.2) is 0 Å². The molecule has 0 spiro atoms. The molecule has 0 fully saturated rings. The minimum absolute atomic E-state index is 0.326. The summed E-state index contributed by atoms with van der Waals surface area (Å²) in [5.74, 6) is 0.326. The number of nitrogens with zero attached hydrogens (tertiary/aromatic N) is 1. The fourth-order valence-electron chi connectivity index (χ4n) is 0.882. The Bertz CT molecular complexity index is 277. The first-order chi connectivity index (χ1) is 6.19. The number of aromatic nitrogens is 1. The van der Waals surface area contributed by atoms with Gasteiger partial charge in [-0.15, -0.1) is 11.3 Å². The van der Waals surface area contributed by atoms with Gasteiger partial charge in [0, 0.05) is 19.6 Å². The van der Waals surface area contributed by atoms with Gasteiger partial charge in [0.2, 0.25) is 0 Å². The lowest BCUT2D eigenvalue weighted by Crippen LogP contribution is -2.08. The van der Waals surface area contributed by atoms with E-state index >= 15 is 0 Å². The fourth-order valence-corrected chi connectivity index (χ4v) is 2.54. The summed E-state index contributed by atoms with van der Waals surface area (Å²) in [6, 6.07) is 0. The van der Waals surface area contributed by atoms with Gasteiger partial charge in [0.1, 0.15) is 4.60 Å². The number of rotatable bonds is 4. The van der Waals surface area contributed by atoms with Gasteiger partial charge in [-0.1, -0.05) is 6.92 Å². The molecule has 1 heterocycles. The molecule has 1 aromatic heterocycles. The fraction of sp³-hybridized carbons (Fsp3) is 0.625. The zero-order valence-electron chi connectivity index (χ0n) is 7.71. The molecule has 0 saturated heterocycles. The molecular formula is C8H13BrN2OS. The van der Waals surface area contributed by atoms with E-state index in [0.29, 0.717) is 19.1 Å². The number of hydrogen-bond acceptors (Lipinski definition) is 4. The van der Waals surface area contributed by atoms with Crippen molar-refractivity contribution in [3.8, 4) is 0 Å². The summed E-state index contributed by atoms with van der Waals surface area (Å²) in [5, 5.41) is 1.07. The Morgan fingerprint density at radius 3 is 2.92 bits per heavy atom. The molecule has 1 rings (SSSR count). The summed E-state index contributed by atoms with van der Waals surface area (Å²) in [7, 11) is 1.68. The number of methoxy groups -OCH3 is 1. The predicted molar refractivity (Wildman–Crippen MR) is 58.0 cm³/mol. The summed E-state index contributed by atoms with van der Waals surface area (Å²) < 4.78 is 5.93. The van der Waals surface area contributed by atoms with Crippen molar-refractivity contribution in [2.24, 2.45) is 5.73 Å². The highest BCUT2D eigenvalue weighted by atomic mass is 79.9. The minimum atomic E-state index is 0.326. The van der Waals surface area contributed by atoms with Crippen molar-refractivity contribution in [2.45, 2.75) is 19.4 Å². The molecule has 2 N–H and O–H groups in total. The van der Waals surface area contributed by atoms with Crippen molar-refractivity contribution in [3.05, 3.63) is 14.5 Å². The van der Waals surface area contributed by atoms with Gasteiger partial charge in [-0.3, -0.25) is 0 Å². The highest BCUT2D eigenvalue weighted by Crippen LogP contribution is 2.28. The molecule has 0 radical (unpaired) electrons. The molecule has 0 aliphatic carbocycles. The third-order valence-electron chi connectivity index (χ3n) is 1.72. The van der Waals surface area contributed by atoms with Crippen LogP contribution in [0.4, 0.5) is 0 Å². The molecule has 13 heavy (non-hydrogen) atoms. The topological polar surface area (TPSA) is 48.1 Å². The molecule has 0 aliphatic heterocycles. The quantitative estimate of drug-likeness (QED) is 0.907. The summed E-state index contributed by atoms with van der Waals surface area (Å²) in [6.45, 7) is 3.31. The van der Waals surface area contributed by atoms with Crippen LogP contribution >= 0.6 is 27.3 Å². The zero-order chi connectivity index (χ0) is 9.84. The van der Waals surface area contributed by atoms with Gasteiger partial charge in [0.25, 0.3) is 0 Å². The Morgan fingerprint density at radius 2 is 2.38 bits per heavy atom. The monoisotopic (exact) mass is 264 g/mol. The first-order valence-electron chi connectivity index (χ1n) is 4.03. The van der Waals surface area contributed by atoms with Crippen LogP contribution in [0.25, 0.3) is 0 Å². The molecule has 74 valence electrons. The van der Waals surface area contributed by atoms with Gasteiger partial charge in [-0.25, -0.2) is 4.98 Å². The van der Waals surface area contributed by atoms with Crippen LogP contribution in [0.2, 0.25) is 0 Å². The standard InChI is InChI=1S/C8H13BrN2OS/c1-5(3-10)8-11-7(9)6(13-8)4-12-2/h5H,3-4,10H2,1-2H3. The zero-order valence-corrected chi connectivity index (χ0v) is 10.1. The molecule has 0 aliphatic rings. The van der Waals surface area contributed by atoms with Crippen LogP contribution in [-0.4, -0.2) is 18.6 Å². The van der Waals surface area contributed by atoms with E-state index in [4.69, 9.17) is 10.5 Å². The van der Waals surface area contributed by atoms with Crippen molar-refractivity contribution in [1.82, 2.24) is 4.98 Å². The Balaban J connectivity index is 2.81. The van der Waals surface area contributed by atoms with Crippen molar-refractivity contribution >= 4 is 27.3 Å². The maximum absolute atomic E-state index is 5.56. The first kappa shape index (κ1) is 11.1. The number of hydrogen-bond donors (Lipinski definition) is 1. The Hall–Kier alpha value is 0.0300. The van der Waals surface area contributed by atoms with Gasteiger partial charge >= 0.3 is 0 Å². The smallest absolute Gasteiger partial charge is 0.122 e. The maximum Gasteiger partial charge on any atom is 0.122 e. The van der Waals surface area contributed by atoms with Crippen molar-refractivity contribution < 1.29 is 4.74 Å². The lowest BCUT2D eigenvalue weighted by atomic mass is 10.2. The Kier molecular flexibility index (Phi) is 4.31. The third-order valence-corrected chi connectivity index (χ3v) is 3.90. The van der Waals surface area contributed by atoms with Gasteiger partial charge in [-0.2, -0.15) is 0 Å². The second-order valence-corrected chi connectivity index (χ2v) is 4.70. The first-order valence-corrected chi connectivity index (χ1v) is 5.64. The van der Waals surface area contributed by atoms with Crippen molar-refractivity contribution in [2.75, 3.05) is 13.7 Å². The summed E-state index contributed by atoms with van der Waals surface area (Å²) in [5.41, 5.74) is 5.56. The van der Waals surface area contributed by atoms with Gasteiger partial charge in [0.05, 0.1) is 16.5 Å². The lowest BCUT2D eigenvalue weighted by molar-refractivity contribution is 0.187. The SMILES string of the molecule is COCc1sc(C(C)CN)nc1Br. The van der Waals surface area contributed by atoms with E-state index in [9.17, 15) is 0 Å². The third kappa shape index (κ3) is 2.74. The van der Waals surface area contributed by atoms with Gasteiger partial charge in [-0.05, 0) is 15.9 Å². The molecule has 0 saturated carbocycles. The van der Waals surface area contributed by atoms with E-state index in [1.54, 1.807) is 18.4 Å². The van der Waals surface area contributed by atoms with Crippen LogP contribution in [0.1, 0.15) is 22.7 Å². The van der Waals surface area contributed by atoms with Gasteiger partial charge < -0.3 is 10.5 Å². The highest BCUT2D eigenvalue weighted by Gasteiger charge is 2.12. The van der Waals surface area contributed by atoms with E-state index in [1.807, 2.05) is 0 Å². The van der Waals surface area contributed by atoms with E-state index in [0.717, 1.165) is 14.5 Å². The average Bonchev–Trinajstić information content (AvgIpc) is 2.47. The number of nitrogens with two attached hydrogens (primary N) is 1. The minimum Gasteiger partial charge on any atom is -0.379 e. The second kappa shape index (κ2) is 5.05. The maximum atomic E-state index is 5.56. The second-order valence-electron chi connectivity index (χ2n) is 2.84. The van der Waals surface area contributed by atoms with Crippen LogP contribution in [0.15, 0.2) is 4.60 Å². The molecule has 3 nitrogen and oxygen atoms in total. The van der Waals surface area contributed by atoms with Crippen LogP contribution in [0.5, 0.6) is 0 Å². The number of ether oxygens (including phenoxy) is 1. The molecular weight excluding hydrogens is 252 g/mol. The number of halogens is 1. The molecule has 5 heteroatoms. The molecule has 0 bridgehead atoms. The Labute approximate surface area is 90.4 Å². The van der Waals surface area contributed by atoms with E-state index in [-0.39, 0.29) is 0 Å². The van der Waals surface area contributed by atoms with Crippen LogP contribution in [0, 0.1) is 0 Å². The summed E-state index contributed by atoms with van der Waals surface area (Å²) in [4.78, 5) is 5.50. The Morgan fingerprint density at radius 1 is 1.69 bits per heavy atom. The summed E-state index contributed by atoms with van der Waals surface area (Å²) >= 11 is 5.05. The molecule has 1 aromatic rings. The molecule has 1 atom stereocenters. The molecule has 1 unspecified atom stereocenters. The van der Waals surface area contributed by atoms with Crippen molar-refractivity contribution in [1.29, 1.82) is 0 Å². The van der Waals surface area contributed by atoms with Crippen LogP contribution in [0.3, 0.4) is 0 Å². The normalized spacial score (nSPS) is 13.2. The van der Waals surface area contributed by atoms with E-state index < -0.39 is 0 Å². The molecule has 0 amide bonds. The lowest BCUT2D eigenvalue weighted by Gasteiger charge is -2.01. The van der Waals surface area contributed by atoms with Crippen LogP contribution in [-0.2, 0) is 11.3 Å². The predicted octanol–water partition coefficient (Wildman–Crippen LogP) is 2.11. The van der Waals surface area contributed by atoms with Crippen molar-refractivity contribution in [3.63, 3.8) is 0 Å². The average molecular weight is 265 g/mol. The van der Waals surface area contributed by atoms with E-state index in [1.165, 1.54) is 0 Å². The largest absolute Gasteiger partial charge is 0.379 e. The summed E-state index contributed by atoms with van der Waals surface area (Å²) in [6.07, 6.45) is 0. The highest BCUT2D eigenvalue weighted by molar-refractivity contribution is 9.10. The molecule has 0 aromatic carbocycles. The van der Waals surface area contributed by atoms with E-state index in [2.05, 4.69) is 27.8 Å².